The number of benzene rings is 1. The van der Waals surface area contributed by atoms with Gasteiger partial charge in [-0.1, -0.05) is 36.8 Å². The lowest BCUT2D eigenvalue weighted by atomic mass is 9.94. The summed E-state index contributed by atoms with van der Waals surface area (Å²) in [5.41, 5.74) is 2.27. The van der Waals surface area contributed by atoms with Crippen LogP contribution in [0.25, 0.3) is 11.8 Å². The van der Waals surface area contributed by atoms with Crippen LogP contribution in [0, 0.1) is 11.8 Å². The van der Waals surface area contributed by atoms with Gasteiger partial charge in [0.15, 0.2) is 0 Å². The number of nitrogens with one attached hydrogen (secondary N) is 1. The van der Waals surface area contributed by atoms with Crippen molar-refractivity contribution < 1.29 is 0 Å². The monoisotopic (exact) mass is 279 g/mol. The van der Waals surface area contributed by atoms with Crippen molar-refractivity contribution in [2.24, 2.45) is 11.8 Å². The molecule has 1 aliphatic heterocycles. The molecule has 0 spiro atoms. The fourth-order valence-corrected chi connectivity index (χ4v) is 3.80. The van der Waals surface area contributed by atoms with Gasteiger partial charge in [-0.3, -0.25) is 0 Å². The lowest BCUT2D eigenvalue weighted by Gasteiger charge is -2.13. The average Bonchev–Trinajstić information content (AvgIpc) is 3.23. The molecule has 3 atom stereocenters. The molecule has 2 aromatic rings. The number of hydrogen-bond donors (Lipinski definition) is 1. The zero-order valence-corrected chi connectivity index (χ0v) is 12.2. The van der Waals surface area contributed by atoms with Crippen molar-refractivity contribution in [2.75, 3.05) is 6.54 Å². The fraction of sp³-hybridized carbons (Fsp3) is 0.389. The van der Waals surface area contributed by atoms with E-state index in [4.69, 9.17) is 0 Å². The van der Waals surface area contributed by atoms with Crippen LogP contribution in [0.5, 0.6) is 0 Å². The number of para-hydroxylation sites is 1. The van der Waals surface area contributed by atoms with Gasteiger partial charge in [0, 0.05) is 17.8 Å². The summed E-state index contributed by atoms with van der Waals surface area (Å²) in [6.45, 7) is 1.20. The smallest absolute Gasteiger partial charge is 0.0645 e. The highest BCUT2D eigenvalue weighted by atomic mass is 15.3. The summed E-state index contributed by atoms with van der Waals surface area (Å²) in [6, 6.07) is 10.8. The van der Waals surface area contributed by atoms with Crippen LogP contribution >= 0.6 is 0 Å². The third-order valence-corrected chi connectivity index (χ3v) is 4.91. The van der Waals surface area contributed by atoms with Crippen molar-refractivity contribution in [2.45, 2.75) is 25.3 Å². The quantitative estimate of drug-likeness (QED) is 0.934. The number of rotatable bonds is 3. The fourth-order valence-electron chi connectivity index (χ4n) is 3.80. The Balaban J connectivity index is 1.48. The Morgan fingerprint density at radius 3 is 3.00 bits per heavy atom. The van der Waals surface area contributed by atoms with Gasteiger partial charge in [-0.05, 0) is 43.4 Å². The van der Waals surface area contributed by atoms with Gasteiger partial charge < -0.3 is 5.32 Å². The van der Waals surface area contributed by atoms with E-state index in [1.54, 1.807) is 0 Å². The number of hydrogen-bond acceptors (Lipinski definition) is 2. The Labute approximate surface area is 125 Å². The Bertz CT molecular complexity index is 629. The first kappa shape index (κ1) is 12.8. The molecule has 108 valence electrons. The molecule has 3 heteroatoms. The highest BCUT2D eigenvalue weighted by molar-refractivity contribution is 5.49. The Hall–Kier alpha value is -1.87. The van der Waals surface area contributed by atoms with E-state index in [-0.39, 0.29) is 0 Å². The molecule has 0 bridgehead atoms. The van der Waals surface area contributed by atoms with Gasteiger partial charge in [-0.15, -0.1) is 0 Å². The van der Waals surface area contributed by atoms with Crippen molar-refractivity contribution in [3.8, 4) is 5.69 Å². The normalized spacial score (nSPS) is 28.3. The lowest BCUT2D eigenvalue weighted by Crippen LogP contribution is -2.23. The van der Waals surface area contributed by atoms with E-state index < -0.39 is 0 Å². The van der Waals surface area contributed by atoms with Crippen LogP contribution in [0.4, 0.5) is 0 Å². The summed E-state index contributed by atoms with van der Waals surface area (Å²) >= 11 is 0. The summed E-state index contributed by atoms with van der Waals surface area (Å²) in [5.74, 6) is 1.76. The Morgan fingerprint density at radius 1 is 1.19 bits per heavy atom. The van der Waals surface area contributed by atoms with Gasteiger partial charge in [-0.2, -0.15) is 5.10 Å². The minimum absolute atomic E-state index is 0.553. The van der Waals surface area contributed by atoms with Crippen molar-refractivity contribution in [1.29, 1.82) is 0 Å². The highest BCUT2D eigenvalue weighted by Gasteiger charge is 2.37. The van der Waals surface area contributed by atoms with Crippen LogP contribution in [0.15, 0.2) is 48.8 Å². The summed E-state index contributed by atoms with van der Waals surface area (Å²) < 4.78 is 1.93. The molecule has 1 aromatic carbocycles. The van der Waals surface area contributed by atoms with E-state index in [0.717, 1.165) is 17.5 Å². The Morgan fingerprint density at radius 2 is 2.10 bits per heavy atom. The summed E-state index contributed by atoms with van der Waals surface area (Å²) in [7, 11) is 0. The molecule has 3 nitrogen and oxygen atoms in total. The van der Waals surface area contributed by atoms with Crippen LogP contribution in [0.3, 0.4) is 0 Å². The number of fused-ring (bicyclic) bond motifs is 1. The first-order chi connectivity index (χ1) is 10.4. The molecule has 2 aliphatic rings. The van der Waals surface area contributed by atoms with Crippen LogP contribution < -0.4 is 5.32 Å². The van der Waals surface area contributed by atoms with E-state index in [2.05, 4.69) is 40.9 Å². The van der Waals surface area contributed by atoms with Gasteiger partial charge in [0.2, 0.25) is 0 Å². The lowest BCUT2D eigenvalue weighted by molar-refractivity contribution is 0.456. The van der Waals surface area contributed by atoms with E-state index in [1.165, 1.54) is 31.4 Å². The molecule has 1 saturated heterocycles. The molecule has 1 N–H and O–H groups in total. The van der Waals surface area contributed by atoms with Crippen molar-refractivity contribution >= 4 is 6.08 Å². The van der Waals surface area contributed by atoms with Gasteiger partial charge in [0.25, 0.3) is 0 Å². The van der Waals surface area contributed by atoms with E-state index in [0.29, 0.717) is 6.04 Å². The molecule has 4 rings (SSSR count). The summed E-state index contributed by atoms with van der Waals surface area (Å²) in [5, 5.41) is 8.10. The zero-order chi connectivity index (χ0) is 14.1. The molecule has 1 aromatic heterocycles. The second kappa shape index (κ2) is 5.49. The van der Waals surface area contributed by atoms with E-state index >= 15 is 0 Å². The third-order valence-electron chi connectivity index (χ3n) is 4.91. The van der Waals surface area contributed by atoms with Crippen LogP contribution in [0.1, 0.15) is 24.8 Å². The first-order valence-corrected chi connectivity index (χ1v) is 7.92. The molecule has 1 saturated carbocycles. The van der Waals surface area contributed by atoms with Gasteiger partial charge >= 0.3 is 0 Å². The second-order valence-electron chi connectivity index (χ2n) is 6.20. The second-order valence-corrected chi connectivity index (χ2v) is 6.20. The molecular formula is C18H21N3. The van der Waals surface area contributed by atoms with Crippen LogP contribution in [-0.4, -0.2) is 22.4 Å². The number of aromatic nitrogens is 2. The molecule has 21 heavy (non-hydrogen) atoms. The van der Waals surface area contributed by atoms with E-state index in [1.807, 2.05) is 29.1 Å². The molecule has 3 unspecified atom stereocenters. The maximum absolute atomic E-state index is 4.44. The van der Waals surface area contributed by atoms with Crippen molar-refractivity contribution in [3.63, 3.8) is 0 Å². The molecule has 1 aliphatic carbocycles. The maximum atomic E-state index is 4.44. The summed E-state index contributed by atoms with van der Waals surface area (Å²) in [6.07, 6.45) is 12.8. The van der Waals surface area contributed by atoms with Gasteiger partial charge in [0.1, 0.15) is 0 Å². The largest absolute Gasteiger partial charge is 0.310 e. The minimum Gasteiger partial charge on any atom is -0.310 e. The van der Waals surface area contributed by atoms with Crippen LogP contribution in [-0.2, 0) is 0 Å². The predicted molar refractivity (Wildman–Crippen MR) is 85.2 cm³/mol. The predicted octanol–water partition coefficient (Wildman–Crippen LogP) is 3.27. The average molecular weight is 279 g/mol. The first-order valence-electron chi connectivity index (χ1n) is 7.92. The third kappa shape index (κ3) is 2.54. The van der Waals surface area contributed by atoms with Crippen LogP contribution in [0.2, 0.25) is 0 Å². The maximum Gasteiger partial charge on any atom is 0.0645 e. The topological polar surface area (TPSA) is 29.9 Å². The van der Waals surface area contributed by atoms with Gasteiger partial charge in [0.05, 0.1) is 11.9 Å². The number of nitrogens with zero attached hydrogens (tertiary/aromatic N) is 2. The molecule has 2 fully saturated rings. The zero-order valence-electron chi connectivity index (χ0n) is 12.2. The van der Waals surface area contributed by atoms with E-state index in [9.17, 15) is 0 Å². The Kier molecular flexibility index (Phi) is 3.36. The standard InChI is InChI=1S/C18H21N3/c1-2-6-16(7-3-1)21-13-14(11-20-21)9-10-18-17-8-4-5-15(17)12-19-18/h1-3,6-7,9-11,13,15,17-19H,4-5,8,12H2/b10-9+. The summed E-state index contributed by atoms with van der Waals surface area (Å²) in [4.78, 5) is 0. The molecule has 2 heterocycles. The van der Waals surface area contributed by atoms with Gasteiger partial charge in [-0.25, -0.2) is 4.68 Å². The molecule has 0 amide bonds. The highest BCUT2D eigenvalue weighted by Crippen LogP contribution is 2.38. The van der Waals surface area contributed by atoms with Crippen molar-refractivity contribution in [1.82, 2.24) is 15.1 Å². The SMILES string of the molecule is C(=C\C1NCC2CCCC21)/c1cnn(-c2ccccc2)c1. The minimum atomic E-state index is 0.553. The molecular weight excluding hydrogens is 258 g/mol. The van der Waals surface area contributed by atoms with Crippen molar-refractivity contribution in [3.05, 3.63) is 54.4 Å². The molecule has 0 radical (unpaired) electrons.